The van der Waals surface area contributed by atoms with Crippen LogP contribution in [-0.2, 0) is 0 Å². The molecule has 0 bridgehead atoms. The van der Waals surface area contributed by atoms with E-state index < -0.39 is 0 Å². The van der Waals surface area contributed by atoms with Gasteiger partial charge in [0.15, 0.2) is 6.29 Å². The minimum atomic E-state index is 0.197. The molecule has 0 radical (unpaired) electrons. The first kappa shape index (κ1) is 16.9. The van der Waals surface area contributed by atoms with Gasteiger partial charge in [0.25, 0.3) is 0 Å². The summed E-state index contributed by atoms with van der Waals surface area (Å²) in [4.78, 5) is 21.6. The van der Waals surface area contributed by atoms with Gasteiger partial charge in [0.1, 0.15) is 16.8 Å². The van der Waals surface area contributed by atoms with Gasteiger partial charge in [0.2, 0.25) is 0 Å². The molecule has 5 nitrogen and oxygen atoms in total. The maximum atomic E-state index is 11.2. The number of carbonyl (C=O) groups excluding carboxylic acids is 1. The van der Waals surface area contributed by atoms with Gasteiger partial charge in [-0.3, -0.25) is 4.79 Å². The second-order valence-electron chi connectivity index (χ2n) is 5.67. The van der Waals surface area contributed by atoms with Gasteiger partial charge >= 0.3 is 0 Å². The van der Waals surface area contributed by atoms with Crippen LogP contribution < -0.4 is 5.32 Å². The van der Waals surface area contributed by atoms with Gasteiger partial charge in [-0.15, -0.1) is 0 Å². The zero-order valence-corrected chi connectivity index (χ0v) is 13.5. The Morgan fingerprint density at radius 2 is 2.00 bits per heavy atom. The molecule has 112 valence electrons. The summed E-state index contributed by atoms with van der Waals surface area (Å²) < 4.78 is 0. The van der Waals surface area contributed by atoms with Crippen LogP contribution in [0.4, 0.5) is 5.82 Å². The van der Waals surface area contributed by atoms with Crippen LogP contribution in [0.1, 0.15) is 36.5 Å². The predicted molar refractivity (Wildman–Crippen MR) is 82.6 cm³/mol. The van der Waals surface area contributed by atoms with Crippen molar-refractivity contribution in [3.8, 4) is 0 Å². The molecule has 0 aliphatic carbocycles. The number of likely N-dealkylation sites (N-methyl/N-ethyl adjacent to an activating group) is 1. The average molecular weight is 299 g/mol. The second kappa shape index (κ2) is 7.55. The summed E-state index contributed by atoms with van der Waals surface area (Å²) >= 11 is 6.00. The lowest BCUT2D eigenvalue weighted by Crippen LogP contribution is -2.34. The van der Waals surface area contributed by atoms with E-state index in [0.29, 0.717) is 29.4 Å². The monoisotopic (exact) mass is 298 g/mol. The largest absolute Gasteiger partial charge is 0.365 e. The van der Waals surface area contributed by atoms with E-state index in [2.05, 4.69) is 34.0 Å². The number of anilines is 1. The normalized spacial score (nSPS) is 12.8. The third-order valence-electron chi connectivity index (χ3n) is 2.81. The highest BCUT2D eigenvalue weighted by atomic mass is 35.5. The topological polar surface area (TPSA) is 58.1 Å². The lowest BCUT2D eigenvalue weighted by atomic mass is 10.0. The Kier molecular flexibility index (Phi) is 6.36. The van der Waals surface area contributed by atoms with Crippen molar-refractivity contribution in [1.29, 1.82) is 0 Å². The molecule has 0 aliphatic rings. The van der Waals surface area contributed by atoms with Gasteiger partial charge in [0.05, 0.1) is 5.56 Å². The maximum Gasteiger partial charge on any atom is 0.156 e. The van der Waals surface area contributed by atoms with E-state index in [1.54, 1.807) is 6.92 Å². The van der Waals surface area contributed by atoms with Crippen LogP contribution in [0.15, 0.2) is 0 Å². The van der Waals surface area contributed by atoms with E-state index in [4.69, 9.17) is 11.6 Å². The number of aldehydes is 1. The number of hydrogen-bond acceptors (Lipinski definition) is 5. The van der Waals surface area contributed by atoms with Gasteiger partial charge in [-0.05, 0) is 33.4 Å². The quantitative estimate of drug-likeness (QED) is 0.619. The highest BCUT2D eigenvalue weighted by molar-refractivity contribution is 6.32. The predicted octanol–water partition coefficient (Wildman–Crippen LogP) is 2.64. The van der Waals surface area contributed by atoms with Gasteiger partial charge in [0, 0.05) is 12.6 Å². The fourth-order valence-corrected chi connectivity index (χ4v) is 2.40. The van der Waals surface area contributed by atoms with Crippen LogP contribution in [0.3, 0.4) is 0 Å². The van der Waals surface area contributed by atoms with Crippen molar-refractivity contribution in [3.05, 3.63) is 16.5 Å². The second-order valence-corrected chi connectivity index (χ2v) is 6.03. The molecule has 6 heteroatoms. The molecule has 1 unspecified atom stereocenters. The molecular weight excluding hydrogens is 276 g/mol. The van der Waals surface area contributed by atoms with Crippen molar-refractivity contribution in [2.45, 2.75) is 33.2 Å². The van der Waals surface area contributed by atoms with Crippen LogP contribution in [0.5, 0.6) is 0 Å². The minimum Gasteiger partial charge on any atom is -0.365 e. The summed E-state index contributed by atoms with van der Waals surface area (Å²) in [7, 11) is 4.04. The van der Waals surface area contributed by atoms with Crippen LogP contribution in [0.25, 0.3) is 0 Å². The number of carbonyl (C=O) groups is 1. The van der Waals surface area contributed by atoms with Crippen LogP contribution in [0.2, 0.25) is 5.15 Å². The summed E-state index contributed by atoms with van der Waals surface area (Å²) in [6.07, 6.45) is 1.68. The van der Waals surface area contributed by atoms with Crippen molar-refractivity contribution >= 4 is 23.7 Å². The van der Waals surface area contributed by atoms with Gasteiger partial charge in [-0.2, -0.15) is 0 Å². The van der Waals surface area contributed by atoms with Crippen LogP contribution in [0, 0.1) is 12.8 Å². The molecule has 1 heterocycles. The molecule has 0 fully saturated rings. The fraction of sp³-hybridized carbons (Fsp3) is 0.643. The number of hydrogen-bond donors (Lipinski definition) is 1. The number of nitrogens with one attached hydrogen (secondary N) is 1. The molecule has 1 N–H and O–H groups in total. The van der Waals surface area contributed by atoms with E-state index in [1.807, 2.05) is 14.1 Å². The third kappa shape index (κ3) is 5.06. The molecule has 1 rings (SSSR count). The lowest BCUT2D eigenvalue weighted by Gasteiger charge is -2.25. The molecule has 0 amide bonds. The first-order valence-corrected chi connectivity index (χ1v) is 7.11. The number of nitrogens with zero attached hydrogens (tertiary/aromatic N) is 3. The molecule has 0 spiro atoms. The zero-order valence-electron chi connectivity index (χ0n) is 12.8. The maximum absolute atomic E-state index is 11.2. The molecule has 1 aromatic heterocycles. The molecule has 0 aromatic carbocycles. The van der Waals surface area contributed by atoms with Crippen molar-refractivity contribution in [2.24, 2.45) is 5.92 Å². The molecule has 1 aromatic rings. The standard InChI is InChI=1S/C14H23ClN4O/c1-9(2)6-11(7-19(4)5)18-14-12(8-20)13(15)16-10(3)17-14/h8-9,11H,6-7H2,1-5H3,(H,16,17,18). The Bertz CT molecular complexity index is 453. The summed E-state index contributed by atoms with van der Waals surface area (Å²) in [5, 5.41) is 3.53. The van der Waals surface area contributed by atoms with Gasteiger partial charge < -0.3 is 10.2 Å². The molecule has 1 atom stereocenters. The highest BCUT2D eigenvalue weighted by Gasteiger charge is 2.17. The Hall–Kier alpha value is -1.20. The van der Waals surface area contributed by atoms with Gasteiger partial charge in [-0.1, -0.05) is 25.4 Å². The van der Waals surface area contributed by atoms with Gasteiger partial charge in [-0.25, -0.2) is 9.97 Å². The van der Waals surface area contributed by atoms with E-state index in [0.717, 1.165) is 13.0 Å². The highest BCUT2D eigenvalue weighted by Crippen LogP contribution is 2.21. The number of aryl methyl sites for hydroxylation is 1. The van der Waals surface area contributed by atoms with E-state index in [1.165, 1.54) is 0 Å². The summed E-state index contributed by atoms with van der Waals surface area (Å²) in [5.41, 5.74) is 0.324. The fourth-order valence-electron chi connectivity index (χ4n) is 2.14. The molecular formula is C14H23ClN4O. The first-order chi connectivity index (χ1) is 9.33. The van der Waals surface area contributed by atoms with Crippen LogP contribution in [-0.4, -0.2) is 47.8 Å². The Labute approximate surface area is 125 Å². The van der Waals surface area contributed by atoms with Crippen molar-refractivity contribution in [1.82, 2.24) is 14.9 Å². The van der Waals surface area contributed by atoms with Crippen molar-refractivity contribution in [2.75, 3.05) is 26.0 Å². The molecule has 0 saturated carbocycles. The number of halogens is 1. The molecule has 0 aliphatic heterocycles. The summed E-state index contributed by atoms with van der Waals surface area (Å²) in [6.45, 7) is 6.96. The first-order valence-electron chi connectivity index (χ1n) is 6.74. The smallest absolute Gasteiger partial charge is 0.156 e. The molecule has 0 saturated heterocycles. The van der Waals surface area contributed by atoms with Crippen molar-refractivity contribution in [3.63, 3.8) is 0 Å². The zero-order chi connectivity index (χ0) is 15.3. The molecule has 20 heavy (non-hydrogen) atoms. The van der Waals surface area contributed by atoms with Crippen molar-refractivity contribution < 1.29 is 4.79 Å². The van der Waals surface area contributed by atoms with Crippen LogP contribution >= 0.6 is 11.6 Å². The Morgan fingerprint density at radius 3 is 2.50 bits per heavy atom. The average Bonchev–Trinajstić information content (AvgIpc) is 2.26. The number of rotatable bonds is 7. The third-order valence-corrected chi connectivity index (χ3v) is 3.10. The lowest BCUT2D eigenvalue weighted by molar-refractivity contribution is 0.112. The minimum absolute atomic E-state index is 0.197. The van der Waals surface area contributed by atoms with E-state index in [-0.39, 0.29) is 11.2 Å². The number of aromatic nitrogens is 2. The Balaban J connectivity index is 3.00. The summed E-state index contributed by atoms with van der Waals surface area (Å²) in [5.74, 6) is 1.62. The van der Waals surface area contributed by atoms with E-state index >= 15 is 0 Å². The Morgan fingerprint density at radius 1 is 1.35 bits per heavy atom. The van der Waals surface area contributed by atoms with E-state index in [9.17, 15) is 4.79 Å². The summed E-state index contributed by atoms with van der Waals surface area (Å²) in [6, 6.07) is 0.203. The SMILES string of the molecule is Cc1nc(Cl)c(C=O)c(NC(CC(C)C)CN(C)C)n1.